The summed E-state index contributed by atoms with van der Waals surface area (Å²) in [5.74, 6) is -0.201. The molecule has 26 heavy (non-hydrogen) atoms. The van der Waals surface area contributed by atoms with Gasteiger partial charge in [-0.15, -0.1) is 0 Å². The van der Waals surface area contributed by atoms with Crippen LogP contribution < -0.4 is 5.32 Å². The molecular formula is C22H21FN2O. The van der Waals surface area contributed by atoms with Crippen molar-refractivity contribution >= 4 is 5.69 Å². The molecule has 1 aromatic heterocycles. The van der Waals surface area contributed by atoms with Gasteiger partial charge in [-0.1, -0.05) is 30.8 Å². The molecule has 0 saturated heterocycles. The molecule has 4 heteroatoms. The highest BCUT2D eigenvalue weighted by atomic mass is 19.1. The van der Waals surface area contributed by atoms with Crippen LogP contribution in [0, 0.1) is 5.95 Å². The molecular weight excluding hydrogens is 327 g/mol. The summed E-state index contributed by atoms with van der Waals surface area (Å²) in [7, 11) is 0. The molecule has 0 spiro atoms. The Labute approximate surface area is 152 Å². The molecule has 3 nitrogen and oxygen atoms in total. The van der Waals surface area contributed by atoms with E-state index < -0.39 is 5.95 Å². The number of aromatic nitrogens is 1. The van der Waals surface area contributed by atoms with Crippen molar-refractivity contribution in [3.63, 3.8) is 0 Å². The van der Waals surface area contributed by atoms with Gasteiger partial charge in [-0.25, -0.2) is 4.98 Å². The molecule has 132 valence electrons. The largest absolute Gasteiger partial charge is 0.508 e. The van der Waals surface area contributed by atoms with Crippen molar-refractivity contribution in [2.75, 3.05) is 5.32 Å². The summed E-state index contributed by atoms with van der Waals surface area (Å²) in [6.45, 7) is 4.04. The van der Waals surface area contributed by atoms with E-state index in [1.807, 2.05) is 36.4 Å². The average Bonchev–Trinajstić information content (AvgIpc) is 2.65. The Morgan fingerprint density at radius 3 is 2.46 bits per heavy atom. The summed E-state index contributed by atoms with van der Waals surface area (Å²) in [5.41, 5.74) is 4.40. The predicted molar refractivity (Wildman–Crippen MR) is 103 cm³/mol. The molecule has 0 bridgehead atoms. The van der Waals surface area contributed by atoms with E-state index in [1.54, 1.807) is 24.3 Å². The number of anilines is 1. The first-order chi connectivity index (χ1) is 12.6. The van der Waals surface area contributed by atoms with Crippen molar-refractivity contribution in [2.45, 2.75) is 19.3 Å². The van der Waals surface area contributed by atoms with Gasteiger partial charge in [0.15, 0.2) is 0 Å². The van der Waals surface area contributed by atoms with E-state index in [-0.39, 0.29) is 5.75 Å². The first-order valence-electron chi connectivity index (χ1n) is 8.55. The zero-order chi connectivity index (χ0) is 18.4. The number of aryl methyl sites for hydroxylation is 1. The Morgan fingerprint density at radius 2 is 1.77 bits per heavy atom. The van der Waals surface area contributed by atoms with Crippen LogP contribution in [0.15, 0.2) is 79.1 Å². The maximum absolute atomic E-state index is 13.7. The molecule has 3 rings (SSSR count). The lowest BCUT2D eigenvalue weighted by atomic mass is 10.0. The van der Waals surface area contributed by atoms with Crippen LogP contribution in [0.1, 0.15) is 18.4 Å². The fraction of sp³-hybridized carbons (Fsp3) is 0.136. The highest BCUT2D eigenvalue weighted by Gasteiger charge is 2.05. The van der Waals surface area contributed by atoms with Gasteiger partial charge in [-0.05, 0) is 66.8 Å². The van der Waals surface area contributed by atoms with Gasteiger partial charge in [-0.2, -0.15) is 4.39 Å². The summed E-state index contributed by atoms with van der Waals surface area (Å²) in [6.07, 6.45) is 4.18. The molecule has 0 aliphatic carbocycles. The Bertz CT molecular complexity index is 873. The second-order valence-corrected chi connectivity index (χ2v) is 6.17. The molecule has 0 aliphatic heterocycles. The highest BCUT2D eigenvalue weighted by molar-refractivity contribution is 5.63. The molecule has 1 heterocycles. The Kier molecular flexibility index (Phi) is 5.64. The van der Waals surface area contributed by atoms with Crippen LogP contribution in [0.4, 0.5) is 10.1 Å². The van der Waals surface area contributed by atoms with E-state index in [9.17, 15) is 9.50 Å². The lowest BCUT2D eigenvalue weighted by molar-refractivity contribution is 0.475. The van der Waals surface area contributed by atoms with Gasteiger partial charge >= 0.3 is 0 Å². The number of pyridine rings is 1. The quantitative estimate of drug-likeness (QED) is 0.435. The number of nitrogens with one attached hydrogen (secondary N) is 1. The summed E-state index contributed by atoms with van der Waals surface area (Å²) in [5, 5.41) is 12.5. The molecule has 2 N–H and O–H groups in total. The summed E-state index contributed by atoms with van der Waals surface area (Å²) in [6, 6.07) is 18.3. The van der Waals surface area contributed by atoms with Crippen molar-refractivity contribution in [1.82, 2.24) is 4.98 Å². The third-order valence-electron chi connectivity index (χ3n) is 4.16. The summed E-state index contributed by atoms with van der Waals surface area (Å²) < 4.78 is 13.7. The van der Waals surface area contributed by atoms with Gasteiger partial charge in [0.05, 0.1) is 0 Å². The number of phenols is 1. The molecule has 0 aliphatic rings. The number of hydrogen-bond acceptors (Lipinski definition) is 3. The van der Waals surface area contributed by atoms with E-state index in [2.05, 4.69) is 16.9 Å². The van der Waals surface area contributed by atoms with Crippen molar-refractivity contribution in [3.8, 4) is 16.9 Å². The Morgan fingerprint density at radius 1 is 1.04 bits per heavy atom. The molecule has 0 unspecified atom stereocenters. The lowest BCUT2D eigenvalue weighted by Gasteiger charge is -2.10. The predicted octanol–water partition coefficient (Wildman–Crippen LogP) is 5.54. The Hall–Kier alpha value is -3.14. The molecule has 0 saturated carbocycles. The number of phenolic OH excluding ortho intramolecular Hbond substituents is 1. The first kappa shape index (κ1) is 17.7. The third kappa shape index (κ3) is 4.70. The maximum Gasteiger partial charge on any atom is 0.220 e. The van der Waals surface area contributed by atoms with Crippen LogP contribution in [0.2, 0.25) is 0 Å². The zero-order valence-corrected chi connectivity index (χ0v) is 14.5. The fourth-order valence-corrected chi connectivity index (χ4v) is 2.77. The van der Waals surface area contributed by atoms with Crippen molar-refractivity contribution in [2.24, 2.45) is 0 Å². The van der Waals surface area contributed by atoms with Gasteiger partial charge in [-0.3, -0.25) is 0 Å². The second-order valence-electron chi connectivity index (χ2n) is 6.17. The minimum Gasteiger partial charge on any atom is -0.508 e. The topological polar surface area (TPSA) is 45.2 Å². The van der Waals surface area contributed by atoms with Crippen LogP contribution in [0.25, 0.3) is 11.1 Å². The van der Waals surface area contributed by atoms with Crippen molar-refractivity contribution < 1.29 is 9.50 Å². The number of allylic oxidation sites excluding steroid dienone is 1. The molecule has 0 amide bonds. The SMILES string of the molecule is C=C(CCCc1ccc(-c2cccnc2F)cc1)Nc1ccc(O)cc1. The van der Waals surface area contributed by atoms with Crippen LogP contribution in [-0.4, -0.2) is 10.1 Å². The van der Waals surface area contributed by atoms with Crippen molar-refractivity contribution in [3.05, 3.63) is 90.6 Å². The van der Waals surface area contributed by atoms with Gasteiger partial charge in [0.25, 0.3) is 0 Å². The van der Waals surface area contributed by atoms with Gasteiger partial charge in [0.2, 0.25) is 5.95 Å². The monoisotopic (exact) mass is 348 g/mol. The zero-order valence-electron chi connectivity index (χ0n) is 14.5. The minimum atomic E-state index is -0.447. The summed E-state index contributed by atoms with van der Waals surface area (Å²) in [4.78, 5) is 3.69. The number of rotatable bonds is 7. The Balaban J connectivity index is 1.50. The van der Waals surface area contributed by atoms with Gasteiger partial charge in [0, 0.05) is 23.1 Å². The number of benzene rings is 2. The maximum atomic E-state index is 13.7. The smallest absolute Gasteiger partial charge is 0.220 e. The van der Waals surface area contributed by atoms with Crippen LogP contribution >= 0.6 is 0 Å². The van der Waals surface area contributed by atoms with E-state index >= 15 is 0 Å². The normalized spacial score (nSPS) is 10.5. The van der Waals surface area contributed by atoms with Gasteiger partial charge < -0.3 is 10.4 Å². The van der Waals surface area contributed by atoms with E-state index in [0.29, 0.717) is 5.56 Å². The first-order valence-corrected chi connectivity index (χ1v) is 8.55. The molecule has 3 aromatic rings. The van der Waals surface area contributed by atoms with E-state index in [1.165, 1.54) is 11.8 Å². The fourth-order valence-electron chi connectivity index (χ4n) is 2.77. The van der Waals surface area contributed by atoms with Crippen LogP contribution in [0.5, 0.6) is 5.75 Å². The third-order valence-corrected chi connectivity index (χ3v) is 4.16. The molecule has 0 radical (unpaired) electrons. The number of aromatic hydroxyl groups is 1. The number of halogens is 1. The molecule has 0 fully saturated rings. The standard InChI is InChI=1S/C22H21FN2O/c1-16(25-19-11-13-20(26)14-12-19)4-2-5-17-7-9-18(10-8-17)21-6-3-15-24-22(21)23/h3,6-15,25-26H,1-2,4-5H2. The summed E-state index contributed by atoms with van der Waals surface area (Å²) >= 11 is 0. The molecule has 2 aromatic carbocycles. The van der Waals surface area contributed by atoms with E-state index in [4.69, 9.17) is 0 Å². The van der Waals surface area contributed by atoms with Gasteiger partial charge in [0.1, 0.15) is 5.75 Å². The number of hydrogen-bond donors (Lipinski definition) is 2. The second kappa shape index (κ2) is 8.30. The highest BCUT2D eigenvalue weighted by Crippen LogP contribution is 2.22. The average molecular weight is 348 g/mol. The van der Waals surface area contributed by atoms with Crippen LogP contribution in [0.3, 0.4) is 0 Å². The van der Waals surface area contributed by atoms with Crippen LogP contribution in [-0.2, 0) is 6.42 Å². The van der Waals surface area contributed by atoms with E-state index in [0.717, 1.165) is 36.2 Å². The van der Waals surface area contributed by atoms with Crippen molar-refractivity contribution in [1.29, 1.82) is 0 Å². The minimum absolute atomic E-state index is 0.246. The number of nitrogens with zero attached hydrogens (tertiary/aromatic N) is 1. The lowest BCUT2D eigenvalue weighted by Crippen LogP contribution is -1.98. The molecule has 0 atom stereocenters.